The van der Waals surface area contributed by atoms with E-state index >= 15 is 0 Å². The van der Waals surface area contributed by atoms with Crippen molar-refractivity contribution in [2.24, 2.45) is 0 Å². The Labute approximate surface area is 135 Å². The fraction of sp³-hybridized carbons (Fsp3) is 0.0769. The Kier molecular flexibility index (Phi) is 4.38. The van der Waals surface area contributed by atoms with Crippen LogP contribution in [0.4, 0.5) is 0 Å². The number of benzene rings is 1. The molecule has 0 amide bonds. The maximum absolute atomic E-state index is 6.16. The first-order valence-corrected chi connectivity index (χ1v) is 7.74. The van der Waals surface area contributed by atoms with Crippen LogP contribution in [0.25, 0.3) is 5.69 Å². The number of nitrogens with zero attached hydrogens (tertiary/aromatic N) is 5. The molecule has 0 saturated heterocycles. The Morgan fingerprint density at radius 1 is 1.19 bits per heavy atom. The minimum Gasteiger partial charge on any atom is -0.262 e. The highest BCUT2D eigenvalue weighted by molar-refractivity contribution is 7.98. The molecule has 5 nitrogen and oxygen atoms in total. The zero-order chi connectivity index (χ0) is 14.7. The third-order valence-electron chi connectivity index (χ3n) is 2.70. The van der Waals surface area contributed by atoms with E-state index in [1.807, 2.05) is 24.3 Å². The van der Waals surface area contributed by atoms with Crippen molar-refractivity contribution in [3.63, 3.8) is 0 Å². The summed E-state index contributed by atoms with van der Waals surface area (Å²) < 4.78 is 1.64. The van der Waals surface area contributed by atoms with E-state index in [2.05, 4.69) is 20.5 Å². The molecule has 0 aliphatic heterocycles. The number of hydrogen-bond donors (Lipinski definition) is 0. The number of rotatable bonds is 4. The van der Waals surface area contributed by atoms with Crippen LogP contribution in [-0.4, -0.2) is 25.2 Å². The summed E-state index contributed by atoms with van der Waals surface area (Å²) in [5.41, 5.74) is 1.79. The number of pyridine rings is 1. The molecule has 0 radical (unpaired) electrons. The summed E-state index contributed by atoms with van der Waals surface area (Å²) in [7, 11) is 0. The van der Waals surface area contributed by atoms with Crippen LogP contribution in [0, 0.1) is 0 Å². The van der Waals surface area contributed by atoms with E-state index in [1.165, 1.54) is 11.8 Å². The quantitative estimate of drug-likeness (QED) is 0.680. The van der Waals surface area contributed by atoms with Crippen molar-refractivity contribution in [3.8, 4) is 5.69 Å². The van der Waals surface area contributed by atoms with E-state index in [1.54, 1.807) is 23.1 Å². The Balaban J connectivity index is 1.79. The van der Waals surface area contributed by atoms with Crippen molar-refractivity contribution >= 4 is 35.0 Å². The van der Waals surface area contributed by atoms with Gasteiger partial charge in [-0.3, -0.25) is 4.98 Å². The van der Waals surface area contributed by atoms with Crippen molar-refractivity contribution in [1.82, 2.24) is 25.2 Å². The van der Waals surface area contributed by atoms with Gasteiger partial charge in [0.15, 0.2) is 0 Å². The molecule has 0 atom stereocenters. The smallest absolute Gasteiger partial charge is 0.214 e. The SMILES string of the molecule is Clc1ccc(CSc2nnnn2-c2cccnc2)c(Cl)c1. The highest BCUT2D eigenvalue weighted by Gasteiger charge is 2.10. The van der Waals surface area contributed by atoms with Gasteiger partial charge in [0.05, 0.1) is 11.9 Å². The van der Waals surface area contributed by atoms with Crippen LogP contribution >= 0.6 is 35.0 Å². The van der Waals surface area contributed by atoms with Crippen LogP contribution in [0.3, 0.4) is 0 Å². The standard InChI is InChI=1S/C13H9Cl2N5S/c14-10-4-3-9(12(15)6-10)8-21-13-17-18-19-20(13)11-2-1-5-16-7-11/h1-7H,8H2. The average molecular weight is 338 g/mol. The van der Waals surface area contributed by atoms with E-state index in [9.17, 15) is 0 Å². The number of halogens is 2. The van der Waals surface area contributed by atoms with Gasteiger partial charge in [0.25, 0.3) is 0 Å². The van der Waals surface area contributed by atoms with Gasteiger partial charge in [-0.25, -0.2) is 0 Å². The van der Waals surface area contributed by atoms with Gasteiger partial charge in [0, 0.05) is 22.0 Å². The van der Waals surface area contributed by atoms with Crippen molar-refractivity contribution in [2.45, 2.75) is 10.9 Å². The summed E-state index contributed by atoms with van der Waals surface area (Å²) in [5, 5.41) is 13.6. The Morgan fingerprint density at radius 3 is 2.86 bits per heavy atom. The van der Waals surface area contributed by atoms with Gasteiger partial charge in [-0.15, -0.1) is 5.10 Å². The molecule has 0 saturated carbocycles. The van der Waals surface area contributed by atoms with Gasteiger partial charge in [0.2, 0.25) is 5.16 Å². The van der Waals surface area contributed by atoms with E-state index in [4.69, 9.17) is 23.2 Å². The van der Waals surface area contributed by atoms with Crippen LogP contribution < -0.4 is 0 Å². The largest absolute Gasteiger partial charge is 0.262 e. The second kappa shape index (κ2) is 6.43. The number of tetrazole rings is 1. The summed E-state index contributed by atoms with van der Waals surface area (Å²) >= 11 is 13.5. The molecule has 0 fully saturated rings. The topological polar surface area (TPSA) is 56.5 Å². The number of thioether (sulfide) groups is 1. The van der Waals surface area contributed by atoms with Gasteiger partial charge in [-0.2, -0.15) is 4.68 Å². The van der Waals surface area contributed by atoms with Crippen molar-refractivity contribution in [1.29, 1.82) is 0 Å². The summed E-state index contributed by atoms with van der Waals surface area (Å²) in [4.78, 5) is 4.06. The molecule has 2 heterocycles. The van der Waals surface area contributed by atoms with Gasteiger partial charge < -0.3 is 0 Å². The first kappa shape index (κ1) is 14.3. The first-order valence-electron chi connectivity index (χ1n) is 5.99. The van der Waals surface area contributed by atoms with Crippen LogP contribution in [0.1, 0.15) is 5.56 Å². The van der Waals surface area contributed by atoms with E-state index in [0.29, 0.717) is 21.0 Å². The highest BCUT2D eigenvalue weighted by Crippen LogP contribution is 2.28. The minimum atomic E-state index is 0.619. The van der Waals surface area contributed by atoms with E-state index in [0.717, 1.165) is 11.3 Å². The summed E-state index contributed by atoms with van der Waals surface area (Å²) in [6.45, 7) is 0. The molecule has 106 valence electrons. The number of hydrogen-bond acceptors (Lipinski definition) is 5. The molecule has 3 rings (SSSR count). The summed E-state index contributed by atoms with van der Waals surface area (Å²) in [5.74, 6) is 0.649. The third kappa shape index (κ3) is 3.34. The van der Waals surface area contributed by atoms with Crippen molar-refractivity contribution in [2.75, 3.05) is 0 Å². The molecule has 0 spiro atoms. The summed E-state index contributed by atoms with van der Waals surface area (Å²) in [6.07, 6.45) is 3.41. The molecule has 2 aromatic heterocycles. The lowest BCUT2D eigenvalue weighted by Crippen LogP contribution is -1.99. The maximum Gasteiger partial charge on any atom is 0.214 e. The molecule has 0 aliphatic carbocycles. The highest BCUT2D eigenvalue weighted by atomic mass is 35.5. The molecule has 8 heteroatoms. The average Bonchev–Trinajstić information content (AvgIpc) is 2.96. The maximum atomic E-state index is 6.16. The minimum absolute atomic E-state index is 0.619. The second-order valence-corrected chi connectivity index (χ2v) is 5.90. The fourth-order valence-electron chi connectivity index (χ4n) is 1.69. The molecule has 21 heavy (non-hydrogen) atoms. The van der Waals surface area contributed by atoms with Gasteiger partial charge in [0.1, 0.15) is 0 Å². The Morgan fingerprint density at radius 2 is 2.10 bits per heavy atom. The molecule has 0 bridgehead atoms. The lowest BCUT2D eigenvalue weighted by molar-refractivity contribution is 0.753. The van der Waals surface area contributed by atoms with Gasteiger partial charge in [-0.1, -0.05) is 41.0 Å². The van der Waals surface area contributed by atoms with Crippen LogP contribution in [-0.2, 0) is 5.75 Å². The normalized spacial score (nSPS) is 10.8. The van der Waals surface area contributed by atoms with Crippen molar-refractivity contribution < 1.29 is 0 Å². The zero-order valence-electron chi connectivity index (χ0n) is 10.6. The first-order chi connectivity index (χ1) is 10.2. The van der Waals surface area contributed by atoms with E-state index in [-0.39, 0.29) is 0 Å². The molecule has 0 N–H and O–H groups in total. The van der Waals surface area contributed by atoms with Crippen molar-refractivity contribution in [3.05, 3.63) is 58.3 Å². The molecular weight excluding hydrogens is 329 g/mol. The van der Waals surface area contributed by atoms with Gasteiger partial charge >= 0.3 is 0 Å². The molecular formula is C13H9Cl2N5S. The number of aromatic nitrogens is 5. The van der Waals surface area contributed by atoms with E-state index < -0.39 is 0 Å². The van der Waals surface area contributed by atoms with Crippen LogP contribution in [0.5, 0.6) is 0 Å². The molecule has 0 aliphatic rings. The Bertz CT molecular complexity index is 747. The predicted molar refractivity (Wildman–Crippen MR) is 83.0 cm³/mol. The van der Waals surface area contributed by atoms with Gasteiger partial charge in [-0.05, 0) is 40.3 Å². The molecule has 0 unspecified atom stereocenters. The Hall–Kier alpha value is -1.63. The lowest BCUT2D eigenvalue weighted by Gasteiger charge is -2.05. The monoisotopic (exact) mass is 337 g/mol. The zero-order valence-corrected chi connectivity index (χ0v) is 13.0. The van der Waals surface area contributed by atoms with Crippen LogP contribution in [0.2, 0.25) is 10.0 Å². The van der Waals surface area contributed by atoms with Crippen LogP contribution in [0.15, 0.2) is 47.9 Å². The molecule has 3 aromatic rings. The second-order valence-electron chi connectivity index (χ2n) is 4.11. The predicted octanol–water partition coefficient (Wildman–Crippen LogP) is 3.66. The fourth-order valence-corrected chi connectivity index (χ4v) is 3.14. The molecule has 1 aromatic carbocycles. The lowest BCUT2D eigenvalue weighted by atomic mass is 10.2. The third-order valence-corrected chi connectivity index (χ3v) is 4.26. The summed E-state index contributed by atoms with van der Waals surface area (Å²) in [6, 6.07) is 9.16.